The second-order valence-corrected chi connectivity index (χ2v) is 5.14. The van der Waals surface area contributed by atoms with Crippen LogP contribution < -0.4 is 4.72 Å². The van der Waals surface area contributed by atoms with Crippen LogP contribution in [0.3, 0.4) is 0 Å². The van der Waals surface area contributed by atoms with Gasteiger partial charge in [0.2, 0.25) is 10.0 Å². The van der Waals surface area contributed by atoms with Crippen molar-refractivity contribution in [2.45, 2.75) is 19.4 Å². The van der Waals surface area contributed by atoms with E-state index >= 15 is 0 Å². The summed E-state index contributed by atoms with van der Waals surface area (Å²) in [7, 11) is -3.41. The zero-order chi connectivity index (χ0) is 12.0. The van der Waals surface area contributed by atoms with Crippen LogP contribution in [0, 0.1) is 0 Å². The van der Waals surface area contributed by atoms with E-state index in [2.05, 4.69) is 14.7 Å². The third-order valence-corrected chi connectivity index (χ3v) is 3.25. The average Bonchev–Trinajstić information content (AvgIpc) is 2.66. The highest BCUT2D eigenvalue weighted by molar-refractivity contribution is 7.89. The van der Waals surface area contributed by atoms with Crippen molar-refractivity contribution in [3.05, 3.63) is 18.2 Å². The third-order valence-electron chi connectivity index (χ3n) is 1.84. The van der Waals surface area contributed by atoms with Crippen molar-refractivity contribution >= 4 is 16.0 Å². The van der Waals surface area contributed by atoms with Gasteiger partial charge in [-0.15, -0.1) is 0 Å². The van der Waals surface area contributed by atoms with Crippen molar-refractivity contribution in [2.75, 3.05) is 5.75 Å². The number of carboxylic acids is 1. The summed E-state index contributed by atoms with van der Waals surface area (Å²) in [5.74, 6) is -1.18. The van der Waals surface area contributed by atoms with E-state index in [1.165, 1.54) is 12.5 Å². The molecule has 0 fully saturated rings. The summed E-state index contributed by atoms with van der Waals surface area (Å²) < 4.78 is 25.1. The van der Waals surface area contributed by atoms with Crippen LogP contribution in [0.4, 0.5) is 0 Å². The van der Waals surface area contributed by atoms with Gasteiger partial charge in [-0.25, -0.2) is 18.1 Å². The quantitative estimate of drug-likeness (QED) is 0.612. The van der Waals surface area contributed by atoms with Gasteiger partial charge in [-0.2, -0.15) is 0 Å². The molecule has 0 aliphatic heterocycles. The van der Waals surface area contributed by atoms with Crippen molar-refractivity contribution in [2.24, 2.45) is 0 Å². The lowest BCUT2D eigenvalue weighted by Crippen LogP contribution is -2.26. The standard InChI is InChI=1S/C8H13N3O4S/c12-8(13)2-1-3-16(14,15)11-5-7-4-9-6-10-7/h4,6,11H,1-3,5H2,(H,9,10)(H,12,13). The molecule has 1 heterocycles. The number of aromatic amines is 1. The number of nitrogens with one attached hydrogen (secondary N) is 2. The number of aliphatic carboxylic acids is 1. The first-order chi connectivity index (χ1) is 7.49. The maximum Gasteiger partial charge on any atom is 0.303 e. The minimum absolute atomic E-state index is 0.105. The van der Waals surface area contributed by atoms with Crippen LogP contribution in [-0.2, 0) is 21.4 Å². The van der Waals surface area contributed by atoms with Crippen LogP contribution >= 0.6 is 0 Å². The highest BCUT2D eigenvalue weighted by Crippen LogP contribution is 1.97. The Labute approximate surface area is 93.0 Å². The molecule has 0 saturated carbocycles. The lowest BCUT2D eigenvalue weighted by molar-refractivity contribution is -0.137. The van der Waals surface area contributed by atoms with E-state index in [0.29, 0.717) is 5.69 Å². The summed E-state index contributed by atoms with van der Waals surface area (Å²) in [6, 6.07) is 0. The summed E-state index contributed by atoms with van der Waals surface area (Å²) in [5, 5.41) is 8.36. The van der Waals surface area contributed by atoms with Crippen LogP contribution in [0.1, 0.15) is 18.5 Å². The van der Waals surface area contributed by atoms with Gasteiger partial charge in [-0.1, -0.05) is 0 Å². The molecule has 0 aliphatic carbocycles. The molecule has 0 aromatic carbocycles. The summed E-state index contributed by atoms with van der Waals surface area (Å²) in [4.78, 5) is 16.7. The predicted molar refractivity (Wildman–Crippen MR) is 56.1 cm³/mol. The molecule has 0 bridgehead atoms. The number of sulfonamides is 1. The SMILES string of the molecule is O=C(O)CCCS(=O)(=O)NCc1cnc[nH]1. The summed E-state index contributed by atoms with van der Waals surface area (Å²) in [5.41, 5.74) is 0.654. The summed E-state index contributed by atoms with van der Waals surface area (Å²) in [6.07, 6.45) is 2.92. The molecule has 1 aromatic heterocycles. The molecule has 7 nitrogen and oxygen atoms in total. The van der Waals surface area contributed by atoms with Gasteiger partial charge in [0.25, 0.3) is 0 Å². The number of aromatic nitrogens is 2. The Bertz CT molecular complexity index is 426. The Morgan fingerprint density at radius 1 is 1.56 bits per heavy atom. The molecule has 0 aliphatic rings. The fourth-order valence-electron chi connectivity index (χ4n) is 1.05. The zero-order valence-corrected chi connectivity index (χ0v) is 9.33. The molecule has 8 heteroatoms. The number of hydrogen-bond acceptors (Lipinski definition) is 4. The van der Waals surface area contributed by atoms with Gasteiger partial charge < -0.3 is 10.1 Å². The van der Waals surface area contributed by atoms with Crippen molar-refractivity contribution in [3.8, 4) is 0 Å². The van der Waals surface area contributed by atoms with E-state index < -0.39 is 16.0 Å². The number of hydrogen-bond donors (Lipinski definition) is 3. The normalized spacial score (nSPS) is 11.5. The maximum absolute atomic E-state index is 11.4. The Balaban J connectivity index is 2.31. The third kappa shape index (κ3) is 4.89. The van der Waals surface area contributed by atoms with Crippen molar-refractivity contribution in [1.82, 2.24) is 14.7 Å². The monoisotopic (exact) mass is 247 g/mol. The molecule has 16 heavy (non-hydrogen) atoms. The Kier molecular flexibility index (Phi) is 4.44. The number of carbonyl (C=O) groups is 1. The van der Waals surface area contributed by atoms with Gasteiger partial charge >= 0.3 is 5.97 Å². The number of H-pyrrole nitrogens is 1. The van der Waals surface area contributed by atoms with E-state index in [-0.39, 0.29) is 25.1 Å². The van der Waals surface area contributed by atoms with E-state index in [9.17, 15) is 13.2 Å². The molecule has 0 spiro atoms. The molecule has 0 saturated heterocycles. The van der Waals surface area contributed by atoms with Gasteiger partial charge in [0, 0.05) is 18.3 Å². The first-order valence-corrected chi connectivity index (χ1v) is 6.31. The molecule has 1 aromatic rings. The van der Waals surface area contributed by atoms with E-state index in [4.69, 9.17) is 5.11 Å². The predicted octanol–water partition coefficient (Wildman–Crippen LogP) is -0.306. The van der Waals surface area contributed by atoms with Crippen molar-refractivity contribution < 1.29 is 18.3 Å². The van der Waals surface area contributed by atoms with Crippen LogP contribution in [0.25, 0.3) is 0 Å². The minimum atomic E-state index is -3.41. The molecule has 0 unspecified atom stereocenters. The molecule has 0 atom stereocenters. The molecule has 0 radical (unpaired) electrons. The first kappa shape index (κ1) is 12.7. The smallest absolute Gasteiger partial charge is 0.303 e. The fourth-order valence-corrected chi connectivity index (χ4v) is 2.10. The van der Waals surface area contributed by atoms with E-state index in [1.54, 1.807) is 0 Å². The largest absolute Gasteiger partial charge is 0.481 e. The fraction of sp³-hybridized carbons (Fsp3) is 0.500. The summed E-state index contributed by atoms with van der Waals surface area (Å²) >= 11 is 0. The lowest BCUT2D eigenvalue weighted by Gasteiger charge is -2.04. The van der Waals surface area contributed by atoms with Crippen LogP contribution in [-0.4, -0.2) is 35.2 Å². The Morgan fingerprint density at radius 3 is 2.88 bits per heavy atom. The van der Waals surface area contributed by atoms with Gasteiger partial charge in [0.1, 0.15) is 0 Å². The van der Waals surface area contributed by atoms with Crippen LogP contribution in [0.5, 0.6) is 0 Å². The molecule has 1 rings (SSSR count). The molecule has 90 valence electrons. The molecular formula is C8H13N3O4S. The van der Waals surface area contributed by atoms with Gasteiger partial charge in [0.15, 0.2) is 0 Å². The molecule has 3 N–H and O–H groups in total. The topological polar surface area (TPSA) is 112 Å². The number of imidazole rings is 1. The highest BCUT2D eigenvalue weighted by Gasteiger charge is 2.11. The summed E-state index contributed by atoms with van der Waals surface area (Å²) in [6.45, 7) is 0.134. The number of carboxylic acid groups (broad SMARTS) is 1. The number of nitrogens with zero attached hydrogens (tertiary/aromatic N) is 1. The van der Waals surface area contributed by atoms with E-state index in [1.807, 2.05) is 0 Å². The second kappa shape index (κ2) is 5.61. The first-order valence-electron chi connectivity index (χ1n) is 4.66. The van der Waals surface area contributed by atoms with Gasteiger partial charge in [-0.3, -0.25) is 4.79 Å². The van der Waals surface area contributed by atoms with Crippen LogP contribution in [0.15, 0.2) is 12.5 Å². The van der Waals surface area contributed by atoms with Crippen molar-refractivity contribution in [3.63, 3.8) is 0 Å². The number of rotatable bonds is 7. The zero-order valence-electron chi connectivity index (χ0n) is 8.51. The van der Waals surface area contributed by atoms with Gasteiger partial charge in [-0.05, 0) is 6.42 Å². The maximum atomic E-state index is 11.4. The van der Waals surface area contributed by atoms with Crippen LogP contribution in [0.2, 0.25) is 0 Å². The lowest BCUT2D eigenvalue weighted by atomic mass is 10.3. The van der Waals surface area contributed by atoms with Crippen molar-refractivity contribution in [1.29, 1.82) is 0 Å². The second-order valence-electron chi connectivity index (χ2n) is 3.21. The molecule has 0 amide bonds. The Hall–Kier alpha value is -1.41. The highest BCUT2D eigenvalue weighted by atomic mass is 32.2. The molecular weight excluding hydrogens is 234 g/mol. The van der Waals surface area contributed by atoms with Gasteiger partial charge in [0.05, 0.1) is 18.6 Å². The van der Waals surface area contributed by atoms with E-state index in [0.717, 1.165) is 0 Å². The average molecular weight is 247 g/mol. The Morgan fingerprint density at radius 2 is 2.31 bits per heavy atom. The minimum Gasteiger partial charge on any atom is -0.481 e.